The Labute approximate surface area is 106 Å². The van der Waals surface area contributed by atoms with Crippen molar-refractivity contribution in [1.82, 2.24) is 15.2 Å². The number of rotatable bonds is 1. The topological polar surface area (TPSA) is 48.4 Å². The molecular formula is C14H17N3O. The van der Waals surface area contributed by atoms with E-state index in [2.05, 4.69) is 34.4 Å². The summed E-state index contributed by atoms with van der Waals surface area (Å²) in [5.74, 6) is 0.265. The van der Waals surface area contributed by atoms with Crippen LogP contribution in [0.3, 0.4) is 0 Å². The van der Waals surface area contributed by atoms with E-state index in [1.54, 1.807) is 12.1 Å². The molecule has 4 heteroatoms. The van der Waals surface area contributed by atoms with E-state index in [1.807, 2.05) is 6.07 Å². The van der Waals surface area contributed by atoms with Gasteiger partial charge in [0.05, 0.1) is 17.3 Å². The summed E-state index contributed by atoms with van der Waals surface area (Å²) in [7, 11) is 2.13. The van der Waals surface area contributed by atoms with Gasteiger partial charge in [-0.3, -0.25) is 4.98 Å². The van der Waals surface area contributed by atoms with Crippen LogP contribution in [0.25, 0.3) is 10.9 Å². The number of pyridine rings is 1. The van der Waals surface area contributed by atoms with Crippen LogP contribution in [0.2, 0.25) is 0 Å². The molecule has 1 aromatic heterocycles. The monoisotopic (exact) mass is 243 g/mol. The number of hydrogen-bond acceptors (Lipinski definition) is 4. The predicted octanol–water partition coefficient (Wildman–Crippen LogP) is 1.52. The number of aromatic nitrogens is 1. The van der Waals surface area contributed by atoms with Gasteiger partial charge < -0.3 is 15.3 Å². The Morgan fingerprint density at radius 3 is 3.00 bits per heavy atom. The second kappa shape index (κ2) is 4.55. The fraction of sp³-hybridized carbons (Fsp3) is 0.357. The van der Waals surface area contributed by atoms with Gasteiger partial charge in [0.2, 0.25) is 0 Å². The zero-order valence-corrected chi connectivity index (χ0v) is 10.4. The minimum Gasteiger partial charge on any atom is -0.508 e. The molecule has 0 bridgehead atoms. The SMILES string of the molecule is CN1CCNC(c2ccc3ccc(O)cc3n2)C1. The number of piperazine rings is 1. The minimum absolute atomic E-state index is 0.265. The standard InChI is InChI=1S/C14H17N3O/c1-17-7-6-15-14(9-17)12-5-3-10-2-4-11(18)8-13(10)16-12/h2-5,8,14-15,18H,6-7,9H2,1H3. The molecule has 2 N–H and O–H groups in total. The summed E-state index contributed by atoms with van der Waals surface area (Å²) in [4.78, 5) is 6.95. The molecule has 18 heavy (non-hydrogen) atoms. The molecule has 4 nitrogen and oxygen atoms in total. The van der Waals surface area contributed by atoms with Crippen molar-refractivity contribution in [3.8, 4) is 5.75 Å². The molecule has 1 saturated heterocycles. The van der Waals surface area contributed by atoms with Crippen molar-refractivity contribution >= 4 is 10.9 Å². The number of benzene rings is 1. The van der Waals surface area contributed by atoms with E-state index in [1.165, 1.54) is 0 Å². The maximum Gasteiger partial charge on any atom is 0.117 e. The maximum absolute atomic E-state index is 9.51. The highest BCUT2D eigenvalue weighted by Gasteiger charge is 2.19. The van der Waals surface area contributed by atoms with Crippen molar-refractivity contribution in [3.63, 3.8) is 0 Å². The molecular weight excluding hydrogens is 226 g/mol. The molecule has 1 fully saturated rings. The molecule has 1 unspecified atom stereocenters. The van der Waals surface area contributed by atoms with Gasteiger partial charge in [-0.05, 0) is 25.2 Å². The first-order chi connectivity index (χ1) is 8.72. The molecule has 1 atom stereocenters. The van der Waals surface area contributed by atoms with Gasteiger partial charge >= 0.3 is 0 Å². The third-order valence-electron chi connectivity index (χ3n) is 3.43. The first-order valence-corrected chi connectivity index (χ1v) is 6.24. The zero-order chi connectivity index (χ0) is 12.5. The van der Waals surface area contributed by atoms with Gasteiger partial charge in [0.1, 0.15) is 5.75 Å². The fourth-order valence-corrected chi connectivity index (χ4v) is 2.41. The largest absolute Gasteiger partial charge is 0.508 e. The van der Waals surface area contributed by atoms with E-state index >= 15 is 0 Å². The van der Waals surface area contributed by atoms with Crippen LogP contribution in [0.1, 0.15) is 11.7 Å². The van der Waals surface area contributed by atoms with Gasteiger partial charge in [-0.25, -0.2) is 0 Å². The Kier molecular flexibility index (Phi) is 2.89. The number of aromatic hydroxyl groups is 1. The molecule has 0 aliphatic carbocycles. The van der Waals surface area contributed by atoms with Crippen molar-refractivity contribution in [2.45, 2.75) is 6.04 Å². The highest BCUT2D eigenvalue weighted by Crippen LogP contribution is 2.21. The summed E-state index contributed by atoms with van der Waals surface area (Å²) >= 11 is 0. The van der Waals surface area contributed by atoms with Crippen LogP contribution in [0, 0.1) is 0 Å². The molecule has 2 aromatic rings. The molecule has 1 aliphatic heterocycles. The summed E-state index contributed by atoms with van der Waals surface area (Å²) in [5, 5.41) is 14.0. The van der Waals surface area contributed by atoms with E-state index in [9.17, 15) is 5.11 Å². The normalized spacial score (nSPS) is 21.3. The third kappa shape index (κ3) is 2.17. The second-order valence-electron chi connectivity index (χ2n) is 4.88. The third-order valence-corrected chi connectivity index (χ3v) is 3.43. The van der Waals surface area contributed by atoms with Crippen LogP contribution < -0.4 is 5.32 Å². The van der Waals surface area contributed by atoms with Crippen molar-refractivity contribution in [2.24, 2.45) is 0 Å². The molecule has 0 saturated carbocycles. The Morgan fingerprint density at radius 1 is 1.33 bits per heavy atom. The van der Waals surface area contributed by atoms with Crippen molar-refractivity contribution < 1.29 is 5.11 Å². The van der Waals surface area contributed by atoms with Crippen molar-refractivity contribution in [2.75, 3.05) is 26.7 Å². The molecule has 0 spiro atoms. The Morgan fingerprint density at radius 2 is 2.17 bits per heavy atom. The van der Waals surface area contributed by atoms with Gasteiger partial charge in [-0.1, -0.05) is 6.07 Å². The molecule has 0 amide bonds. The smallest absolute Gasteiger partial charge is 0.117 e. The van der Waals surface area contributed by atoms with E-state index in [0.29, 0.717) is 0 Å². The number of nitrogens with zero attached hydrogens (tertiary/aromatic N) is 2. The molecule has 3 rings (SSSR count). The molecule has 1 aromatic carbocycles. The Hall–Kier alpha value is -1.65. The van der Waals surface area contributed by atoms with Crippen LogP contribution >= 0.6 is 0 Å². The summed E-state index contributed by atoms with van der Waals surface area (Å²) in [5.41, 5.74) is 1.89. The average Bonchev–Trinajstić information content (AvgIpc) is 2.38. The van der Waals surface area contributed by atoms with E-state index in [4.69, 9.17) is 0 Å². The maximum atomic E-state index is 9.51. The molecule has 2 heterocycles. The van der Waals surface area contributed by atoms with Gasteiger partial charge in [-0.15, -0.1) is 0 Å². The van der Waals surface area contributed by atoms with Crippen molar-refractivity contribution in [3.05, 3.63) is 36.0 Å². The first kappa shape index (κ1) is 11.4. The van der Waals surface area contributed by atoms with Crippen molar-refractivity contribution in [1.29, 1.82) is 0 Å². The summed E-state index contributed by atoms with van der Waals surface area (Å²) in [6.45, 7) is 3.03. The number of likely N-dealkylation sites (N-methyl/N-ethyl adjacent to an activating group) is 1. The Balaban J connectivity index is 1.96. The Bertz CT molecular complexity index is 570. The van der Waals surface area contributed by atoms with E-state index in [0.717, 1.165) is 36.2 Å². The van der Waals surface area contributed by atoms with Gasteiger partial charge in [0.25, 0.3) is 0 Å². The second-order valence-corrected chi connectivity index (χ2v) is 4.88. The van der Waals surface area contributed by atoms with Crippen LogP contribution in [0.4, 0.5) is 0 Å². The molecule has 0 radical (unpaired) electrons. The number of fused-ring (bicyclic) bond motifs is 1. The summed E-state index contributed by atoms with van der Waals surface area (Å²) < 4.78 is 0. The number of phenolic OH excluding ortho intramolecular Hbond substituents is 1. The quantitative estimate of drug-likeness (QED) is 0.797. The molecule has 94 valence electrons. The number of nitrogens with one attached hydrogen (secondary N) is 1. The minimum atomic E-state index is 0.265. The van der Waals surface area contributed by atoms with E-state index < -0.39 is 0 Å². The van der Waals surface area contributed by atoms with Crippen LogP contribution in [-0.2, 0) is 0 Å². The van der Waals surface area contributed by atoms with Crippen LogP contribution in [-0.4, -0.2) is 41.7 Å². The lowest BCUT2D eigenvalue weighted by Gasteiger charge is -2.30. The average molecular weight is 243 g/mol. The first-order valence-electron chi connectivity index (χ1n) is 6.24. The van der Waals surface area contributed by atoms with Crippen LogP contribution in [0.15, 0.2) is 30.3 Å². The number of hydrogen-bond donors (Lipinski definition) is 2. The zero-order valence-electron chi connectivity index (χ0n) is 10.4. The fourth-order valence-electron chi connectivity index (χ4n) is 2.41. The number of phenols is 1. The predicted molar refractivity (Wildman–Crippen MR) is 71.6 cm³/mol. The lowest BCUT2D eigenvalue weighted by atomic mass is 10.1. The van der Waals surface area contributed by atoms with Gasteiger partial charge in [0.15, 0.2) is 0 Å². The van der Waals surface area contributed by atoms with E-state index in [-0.39, 0.29) is 11.8 Å². The van der Waals surface area contributed by atoms with Gasteiger partial charge in [0, 0.05) is 31.1 Å². The summed E-state index contributed by atoms with van der Waals surface area (Å²) in [6.07, 6.45) is 0. The van der Waals surface area contributed by atoms with Crippen LogP contribution in [0.5, 0.6) is 5.75 Å². The molecule has 1 aliphatic rings. The lowest BCUT2D eigenvalue weighted by Crippen LogP contribution is -2.43. The lowest BCUT2D eigenvalue weighted by molar-refractivity contribution is 0.238. The highest BCUT2D eigenvalue weighted by atomic mass is 16.3. The van der Waals surface area contributed by atoms with Gasteiger partial charge in [-0.2, -0.15) is 0 Å². The highest BCUT2D eigenvalue weighted by molar-refractivity contribution is 5.80. The summed E-state index contributed by atoms with van der Waals surface area (Å²) in [6, 6.07) is 9.70.